The first-order chi connectivity index (χ1) is 10.5. The van der Waals surface area contributed by atoms with E-state index >= 15 is 0 Å². The number of anilines is 1. The van der Waals surface area contributed by atoms with Crippen LogP contribution in [0.1, 0.15) is 23.4 Å². The Morgan fingerprint density at radius 2 is 1.95 bits per heavy atom. The molecule has 1 aromatic carbocycles. The molecule has 0 aliphatic carbocycles. The zero-order valence-corrected chi connectivity index (χ0v) is 12.9. The van der Waals surface area contributed by atoms with Crippen LogP contribution in [0.3, 0.4) is 0 Å². The summed E-state index contributed by atoms with van der Waals surface area (Å²) in [6, 6.07) is 10.1. The smallest absolute Gasteiger partial charge is 0.316 e. The van der Waals surface area contributed by atoms with Crippen molar-refractivity contribution in [2.24, 2.45) is 5.73 Å². The maximum Gasteiger partial charge on any atom is 0.316 e. The van der Waals surface area contributed by atoms with Gasteiger partial charge in [0, 0.05) is 10.6 Å². The third-order valence-electron chi connectivity index (χ3n) is 3.03. The van der Waals surface area contributed by atoms with Crippen molar-refractivity contribution in [3.8, 4) is 0 Å². The van der Waals surface area contributed by atoms with Crippen LogP contribution in [0.5, 0.6) is 0 Å². The molecule has 6 nitrogen and oxygen atoms in total. The summed E-state index contributed by atoms with van der Waals surface area (Å²) in [6.45, 7) is 2.40. The molecule has 0 aliphatic rings. The number of hydrogen-bond donors (Lipinski definition) is 4. The van der Waals surface area contributed by atoms with E-state index in [2.05, 4.69) is 16.0 Å². The lowest BCUT2D eigenvalue weighted by atomic mass is 10.1. The average molecular weight is 318 g/mol. The summed E-state index contributed by atoms with van der Waals surface area (Å²) in [6.07, 6.45) is 0. The van der Waals surface area contributed by atoms with Crippen LogP contribution in [0.4, 0.5) is 15.3 Å². The van der Waals surface area contributed by atoms with Crippen molar-refractivity contribution in [1.29, 1.82) is 0 Å². The van der Waals surface area contributed by atoms with Crippen molar-refractivity contribution in [1.82, 2.24) is 10.6 Å². The summed E-state index contributed by atoms with van der Waals surface area (Å²) >= 11 is 1.60. The van der Waals surface area contributed by atoms with Gasteiger partial charge in [0.15, 0.2) is 0 Å². The second kappa shape index (κ2) is 7.46. The summed E-state index contributed by atoms with van der Waals surface area (Å²) < 4.78 is 0. The quantitative estimate of drug-likeness (QED) is 0.682. The molecular formula is C15H18N4O2S. The van der Waals surface area contributed by atoms with Crippen LogP contribution in [0.15, 0.2) is 41.8 Å². The number of amides is 4. The Labute approximate surface area is 132 Å². The van der Waals surface area contributed by atoms with Crippen LogP contribution in [0.2, 0.25) is 0 Å². The highest BCUT2D eigenvalue weighted by Crippen LogP contribution is 2.16. The lowest BCUT2D eigenvalue weighted by molar-refractivity contribution is 0.237. The maximum absolute atomic E-state index is 11.8. The van der Waals surface area contributed by atoms with E-state index in [-0.39, 0.29) is 12.1 Å². The molecule has 0 aliphatic heterocycles. The maximum atomic E-state index is 11.8. The summed E-state index contributed by atoms with van der Waals surface area (Å²) in [7, 11) is 0. The molecule has 1 heterocycles. The van der Waals surface area contributed by atoms with Crippen molar-refractivity contribution in [2.75, 3.05) is 5.32 Å². The van der Waals surface area contributed by atoms with Gasteiger partial charge in [-0.25, -0.2) is 9.59 Å². The van der Waals surface area contributed by atoms with E-state index in [9.17, 15) is 9.59 Å². The van der Waals surface area contributed by atoms with E-state index in [1.54, 1.807) is 23.5 Å². The Morgan fingerprint density at radius 1 is 1.23 bits per heavy atom. The lowest BCUT2D eigenvalue weighted by Crippen LogP contribution is -2.36. The van der Waals surface area contributed by atoms with Gasteiger partial charge in [0.25, 0.3) is 0 Å². The van der Waals surface area contributed by atoms with Crippen LogP contribution in [-0.2, 0) is 6.54 Å². The highest BCUT2D eigenvalue weighted by Gasteiger charge is 2.09. The van der Waals surface area contributed by atoms with E-state index in [0.29, 0.717) is 12.2 Å². The van der Waals surface area contributed by atoms with Crippen molar-refractivity contribution < 1.29 is 9.59 Å². The number of carbonyl (C=O) groups is 2. The van der Waals surface area contributed by atoms with Crippen LogP contribution < -0.4 is 21.7 Å². The zero-order chi connectivity index (χ0) is 15.9. The number of nitrogens with one attached hydrogen (secondary N) is 3. The van der Waals surface area contributed by atoms with Crippen LogP contribution >= 0.6 is 11.3 Å². The van der Waals surface area contributed by atoms with Gasteiger partial charge < -0.3 is 21.7 Å². The molecule has 1 aromatic heterocycles. The number of primary amides is 1. The molecule has 5 N–H and O–H groups in total. The van der Waals surface area contributed by atoms with E-state index in [4.69, 9.17) is 5.73 Å². The number of benzene rings is 1. The molecule has 116 valence electrons. The van der Waals surface area contributed by atoms with Gasteiger partial charge in [-0.15, -0.1) is 11.3 Å². The molecule has 0 fully saturated rings. The Morgan fingerprint density at radius 3 is 2.55 bits per heavy atom. The molecule has 1 atom stereocenters. The molecule has 0 spiro atoms. The number of hydrogen-bond acceptors (Lipinski definition) is 3. The summed E-state index contributed by atoms with van der Waals surface area (Å²) in [5.74, 6) is 0. The fraction of sp³-hybridized carbons (Fsp3) is 0.200. The molecular weight excluding hydrogens is 300 g/mol. The summed E-state index contributed by atoms with van der Waals surface area (Å²) in [5.41, 5.74) is 6.60. The summed E-state index contributed by atoms with van der Waals surface area (Å²) in [5, 5.41) is 10.1. The van der Waals surface area contributed by atoms with Crippen molar-refractivity contribution in [2.45, 2.75) is 19.5 Å². The third kappa shape index (κ3) is 4.78. The highest BCUT2D eigenvalue weighted by atomic mass is 32.1. The van der Waals surface area contributed by atoms with E-state index < -0.39 is 6.03 Å². The second-order valence-corrected chi connectivity index (χ2v) is 5.77. The molecule has 2 aromatic rings. The fourth-order valence-electron chi connectivity index (χ4n) is 1.91. The number of urea groups is 2. The molecule has 0 unspecified atom stereocenters. The lowest BCUT2D eigenvalue weighted by Gasteiger charge is -2.15. The van der Waals surface area contributed by atoms with Crippen molar-refractivity contribution >= 4 is 29.1 Å². The number of rotatable bonds is 5. The van der Waals surface area contributed by atoms with Gasteiger partial charge in [0.1, 0.15) is 0 Å². The Bertz CT molecular complexity index is 626. The first-order valence-electron chi connectivity index (χ1n) is 6.78. The Balaban J connectivity index is 1.84. The van der Waals surface area contributed by atoms with Gasteiger partial charge in [-0.05, 0) is 36.1 Å². The van der Waals surface area contributed by atoms with Gasteiger partial charge in [-0.2, -0.15) is 0 Å². The molecule has 0 saturated heterocycles. The largest absolute Gasteiger partial charge is 0.351 e. The third-order valence-corrected chi connectivity index (χ3v) is 3.91. The fourth-order valence-corrected chi connectivity index (χ4v) is 2.55. The van der Waals surface area contributed by atoms with Gasteiger partial charge in [-0.3, -0.25) is 0 Å². The van der Waals surface area contributed by atoms with Crippen LogP contribution in [0, 0.1) is 0 Å². The molecule has 22 heavy (non-hydrogen) atoms. The average Bonchev–Trinajstić information content (AvgIpc) is 2.98. The second-order valence-electron chi connectivity index (χ2n) is 4.74. The highest BCUT2D eigenvalue weighted by molar-refractivity contribution is 7.09. The minimum atomic E-state index is -0.605. The van der Waals surface area contributed by atoms with Gasteiger partial charge >= 0.3 is 12.1 Å². The molecule has 4 amide bonds. The van der Waals surface area contributed by atoms with Gasteiger partial charge in [0.05, 0.1) is 12.6 Å². The molecule has 0 bridgehead atoms. The molecule has 0 saturated carbocycles. The standard InChI is InChI=1S/C15H18N4O2S/c1-10(11-4-6-12(7-5-11)19-14(16)20)18-15(21)17-9-13-3-2-8-22-13/h2-8,10H,9H2,1H3,(H3,16,19,20)(H2,17,18,21)/t10-/m0/s1. The predicted molar refractivity (Wildman–Crippen MR) is 87.8 cm³/mol. The Hall–Kier alpha value is -2.54. The molecule has 2 rings (SSSR count). The van der Waals surface area contributed by atoms with E-state index in [0.717, 1.165) is 10.4 Å². The van der Waals surface area contributed by atoms with Crippen LogP contribution in [0.25, 0.3) is 0 Å². The number of thiophene rings is 1. The van der Waals surface area contributed by atoms with E-state index in [1.807, 2.05) is 36.6 Å². The van der Waals surface area contributed by atoms with Gasteiger partial charge in [-0.1, -0.05) is 18.2 Å². The van der Waals surface area contributed by atoms with Crippen LogP contribution in [-0.4, -0.2) is 12.1 Å². The van der Waals surface area contributed by atoms with Crippen molar-refractivity contribution in [3.05, 3.63) is 52.2 Å². The van der Waals surface area contributed by atoms with E-state index in [1.165, 1.54) is 0 Å². The SMILES string of the molecule is C[C@H](NC(=O)NCc1cccs1)c1ccc(NC(N)=O)cc1. The number of carbonyl (C=O) groups excluding carboxylic acids is 2. The molecule has 7 heteroatoms. The summed E-state index contributed by atoms with van der Waals surface area (Å²) in [4.78, 5) is 23.7. The minimum absolute atomic E-state index is 0.147. The monoisotopic (exact) mass is 318 g/mol. The van der Waals surface area contributed by atoms with Gasteiger partial charge in [0.2, 0.25) is 0 Å². The Kier molecular flexibility index (Phi) is 5.37. The van der Waals surface area contributed by atoms with Crippen molar-refractivity contribution in [3.63, 3.8) is 0 Å². The molecule has 0 radical (unpaired) electrons. The first kappa shape index (κ1) is 15.8. The minimum Gasteiger partial charge on any atom is -0.351 e. The predicted octanol–water partition coefficient (Wildman–Crippen LogP) is 2.80. The normalized spacial score (nSPS) is 11.5. The topological polar surface area (TPSA) is 96.2 Å². The first-order valence-corrected chi connectivity index (χ1v) is 7.65. The number of nitrogens with two attached hydrogens (primary N) is 1. The zero-order valence-electron chi connectivity index (χ0n) is 12.1.